The zero-order valence-electron chi connectivity index (χ0n) is 14.6. The van der Waals surface area contributed by atoms with E-state index < -0.39 is 0 Å². The van der Waals surface area contributed by atoms with E-state index in [2.05, 4.69) is 47.6 Å². The highest BCUT2D eigenvalue weighted by atomic mass is 16.5. The van der Waals surface area contributed by atoms with Crippen LogP contribution in [0.5, 0.6) is 0 Å². The second-order valence-corrected chi connectivity index (χ2v) is 6.48. The van der Waals surface area contributed by atoms with Gasteiger partial charge in [-0.05, 0) is 31.9 Å². The summed E-state index contributed by atoms with van der Waals surface area (Å²) in [5.41, 5.74) is 4.44. The Kier molecular flexibility index (Phi) is 5.48. The minimum Gasteiger partial charge on any atom is -0.379 e. The van der Waals surface area contributed by atoms with Crippen LogP contribution in [-0.2, 0) is 17.7 Å². The number of carbonyl (C=O) groups excluding carboxylic acids is 1. The van der Waals surface area contributed by atoms with Gasteiger partial charge in [-0.15, -0.1) is 0 Å². The van der Waals surface area contributed by atoms with E-state index in [9.17, 15) is 4.79 Å². The van der Waals surface area contributed by atoms with Gasteiger partial charge in [-0.3, -0.25) is 9.69 Å². The van der Waals surface area contributed by atoms with Crippen LogP contribution in [0.2, 0.25) is 0 Å². The standard InChI is InChI=1S/C20H26N2O2/c1-16-14-19(20(23)15-21-10-12-24-13-11-21)17(2)22(16)9-8-18-6-4-3-5-7-18/h3-7,14H,8-13,15H2,1-2H3. The molecule has 1 fully saturated rings. The van der Waals surface area contributed by atoms with E-state index in [1.807, 2.05) is 12.1 Å². The van der Waals surface area contributed by atoms with Gasteiger partial charge in [0.05, 0.1) is 19.8 Å². The number of benzene rings is 1. The van der Waals surface area contributed by atoms with E-state index in [-0.39, 0.29) is 5.78 Å². The molecule has 0 N–H and O–H groups in total. The lowest BCUT2D eigenvalue weighted by Crippen LogP contribution is -2.39. The van der Waals surface area contributed by atoms with Gasteiger partial charge in [0, 0.05) is 36.6 Å². The third-order valence-corrected chi connectivity index (χ3v) is 4.81. The first-order valence-corrected chi connectivity index (χ1v) is 8.69. The summed E-state index contributed by atoms with van der Waals surface area (Å²) in [4.78, 5) is 14.9. The maximum absolute atomic E-state index is 12.7. The number of hydrogen-bond acceptors (Lipinski definition) is 3. The molecule has 0 radical (unpaired) electrons. The quantitative estimate of drug-likeness (QED) is 0.766. The number of hydrogen-bond donors (Lipinski definition) is 0. The normalized spacial score (nSPS) is 15.6. The van der Waals surface area contributed by atoms with Crippen molar-refractivity contribution in [2.45, 2.75) is 26.8 Å². The molecule has 0 aliphatic carbocycles. The number of ketones is 1. The second kappa shape index (κ2) is 7.77. The van der Waals surface area contributed by atoms with Crippen molar-refractivity contribution in [3.05, 3.63) is 58.9 Å². The maximum atomic E-state index is 12.7. The SMILES string of the molecule is Cc1cc(C(=O)CN2CCOCC2)c(C)n1CCc1ccccc1. The Balaban J connectivity index is 1.67. The number of aryl methyl sites for hydroxylation is 2. The molecule has 24 heavy (non-hydrogen) atoms. The minimum absolute atomic E-state index is 0.218. The molecular formula is C20H26N2O2. The van der Waals surface area contributed by atoms with E-state index in [1.165, 1.54) is 5.56 Å². The topological polar surface area (TPSA) is 34.5 Å². The molecule has 3 rings (SSSR count). The zero-order chi connectivity index (χ0) is 16.9. The highest BCUT2D eigenvalue weighted by Gasteiger charge is 2.19. The van der Waals surface area contributed by atoms with Crippen LogP contribution < -0.4 is 0 Å². The molecule has 0 saturated carbocycles. The average Bonchev–Trinajstić information content (AvgIpc) is 2.89. The van der Waals surface area contributed by atoms with Crippen LogP contribution in [0.25, 0.3) is 0 Å². The first-order chi connectivity index (χ1) is 11.6. The van der Waals surface area contributed by atoms with Crippen LogP contribution in [0.15, 0.2) is 36.4 Å². The van der Waals surface area contributed by atoms with Gasteiger partial charge in [0.1, 0.15) is 0 Å². The van der Waals surface area contributed by atoms with Crippen molar-refractivity contribution >= 4 is 5.78 Å². The summed E-state index contributed by atoms with van der Waals surface area (Å²) in [5, 5.41) is 0. The van der Waals surface area contributed by atoms with Gasteiger partial charge < -0.3 is 9.30 Å². The van der Waals surface area contributed by atoms with E-state index in [0.717, 1.165) is 56.2 Å². The summed E-state index contributed by atoms with van der Waals surface area (Å²) in [7, 11) is 0. The molecule has 0 unspecified atom stereocenters. The van der Waals surface area contributed by atoms with E-state index >= 15 is 0 Å². The fraction of sp³-hybridized carbons (Fsp3) is 0.450. The number of ether oxygens (including phenoxy) is 1. The predicted molar refractivity (Wildman–Crippen MR) is 95.6 cm³/mol. The van der Waals surface area contributed by atoms with Gasteiger partial charge >= 0.3 is 0 Å². The first kappa shape index (κ1) is 16.9. The summed E-state index contributed by atoms with van der Waals surface area (Å²) < 4.78 is 7.61. The zero-order valence-corrected chi connectivity index (χ0v) is 14.6. The van der Waals surface area contributed by atoms with E-state index in [0.29, 0.717) is 6.54 Å². The molecule has 2 aromatic rings. The van der Waals surface area contributed by atoms with Gasteiger partial charge in [0.2, 0.25) is 0 Å². The van der Waals surface area contributed by atoms with Gasteiger partial charge in [-0.25, -0.2) is 0 Å². The second-order valence-electron chi connectivity index (χ2n) is 6.48. The Labute approximate surface area is 144 Å². The Morgan fingerprint density at radius 3 is 2.54 bits per heavy atom. The van der Waals surface area contributed by atoms with Crippen molar-refractivity contribution in [2.75, 3.05) is 32.8 Å². The third kappa shape index (κ3) is 3.94. The number of morpholine rings is 1. The predicted octanol–water partition coefficient (Wildman–Crippen LogP) is 2.86. The van der Waals surface area contributed by atoms with Gasteiger partial charge in [0.25, 0.3) is 0 Å². The molecule has 1 aliphatic heterocycles. The van der Waals surface area contributed by atoms with Crippen LogP contribution in [-0.4, -0.2) is 48.1 Å². The summed E-state index contributed by atoms with van der Waals surface area (Å²) in [5.74, 6) is 0.218. The van der Waals surface area contributed by atoms with E-state index in [1.54, 1.807) is 0 Å². The summed E-state index contributed by atoms with van der Waals surface area (Å²) >= 11 is 0. The number of aromatic nitrogens is 1. The number of rotatable bonds is 6. The fourth-order valence-electron chi connectivity index (χ4n) is 3.36. The van der Waals surface area contributed by atoms with Crippen molar-refractivity contribution in [3.63, 3.8) is 0 Å². The van der Waals surface area contributed by atoms with Crippen LogP contribution in [0.4, 0.5) is 0 Å². The lowest BCUT2D eigenvalue weighted by molar-refractivity contribution is 0.0371. The molecular weight excluding hydrogens is 300 g/mol. The minimum atomic E-state index is 0.218. The average molecular weight is 326 g/mol. The Bertz CT molecular complexity index is 685. The summed E-state index contributed by atoms with van der Waals surface area (Å²) in [6.07, 6.45) is 0.980. The Morgan fingerprint density at radius 1 is 1.12 bits per heavy atom. The summed E-state index contributed by atoms with van der Waals surface area (Å²) in [6, 6.07) is 12.5. The van der Waals surface area contributed by atoms with Crippen LogP contribution >= 0.6 is 0 Å². The molecule has 1 saturated heterocycles. The van der Waals surface area contributed by atoms with E-state index in [4.69, 9.17) is 4.74 Å². The van der Waals surface area contributed by atoms with Crippen molar-refractivity contribution in [3.8, 4) is 0 Å². The largest absolute Gasteiger partial charge is 0.379 e. The smallest absolute Gasteiger partial charge is 0.178 e. The molecule has 0 atom stereocenters. The monoisotopic (exact) mass is 326 g/mol. The molecule has 1 aromatic carbocycles. The number of nitrogens with zero attached hydrogens (tertiary/aromatic N) is 2. The molecule has 128 valence electrons. The Morgan fingerprint density at radius 2 is 1.83 bits per heavy atom. The van der Waals surface area contributed by atoms with Crippen molar-refractivity contribution < 1.29 is 9.53 Å². The van der Waals surface area contributed by atoms with Crippen molar-refractivity contribution in [1.82, 2.24) is 9.47 Å². The van der Waals surface area contributed by atoms with Crippen molar-refractivity contribution in [2.24, 2.45) is 0 Å². The summed E-state index contributed by atoms with van der Waals surface area (Å²) in [6.45, 7) is 8.69. The molecule has 1 aromatic heterocycles. The number of Topliss-reactive ketones (excluding diaryl/α,β-unsaturated/α-hetero) is 1. The molecule has 1 aliphatic rings. The molecule has 4 nitrogen and oxygen atoms in total. The lowest BCUT2D eigenvalue weighted by Gasteiger charge is -2.25. The van der Waals surface area contributed by atoms with Crippen LogP contribution in [0.3, 0.4) is 0 Å². The lowest BCUT2D eigenvalue weighted by atomic mass is 10.1. The molecule has 2 heterocycles. The van der Waals surface area contributed by atoms with Crippen LogP contribution in [0.1, 0.15) is 27.3 Å². The molecule has 0 amide bonds. The first-order valence-electron chi connectivity index (χ1n) is 8.69. The highest BCUT2D eigenvalue weighted by molar-refractivity contribution is 5.99. The van der Waals surface area contributed by atoms with Gasteiger partial charge in [0.15, 0.2) is 5.78 Å². The molecule has 0 spiro atoms. The van der Waals surface area contributed by atoms with Crippen molar-refractivity contribution in [1.29, 1.82) is 0 Å². The van der Waals surface area contributed by atoms with Gasteiger partial charge in [-0.2, -0.15) is 0 Å². The maximum Gasteiger partial charge on any atom is 0.178 e. The van der Waals surface area contributed by atoms with Gasteiger partial charge in [-0.1, -0.05) is 30.3 Å². The highest BCUT2D eigenvalue weighted by Crippen LogP contribution is 2.17. The molecule has 4 heteroatoms. The molecule has 0 bridgehead atoms. The third-order valence-electron chi connectivity index (χ3n) is 4.81. The Hall–Kier alpha value is -1.91. The fourth-order valence-corrected chi connectivity index (χ4v) is 3.36. The number of carbonyl (C=O) groups is 1. The van der Waals surface area contributed by atoms with Crippen LogP contribution in [0, 0.1) is 13.8 Å².